The van der Waals surface area contributed by atoms with Crippen LogP contribution in [-0.4, -0.2) is 36.5 Å². The molecule has 1 atom stereocenters. The fourth-order valence-electron chi connectivity index (χ4n) is 3.25. The average molecular weight is 403 g/mol. The topological polar surface area (TPSA) is 83.6 Å². The normalized spacial score (nSPS) is 14.3. The molecule has 0 saturated carbocycles. The lowest BCUT2D eigenvalue weighted by Crippen LogP contribution is -2.47. The van der Waals surface area contributed by atoms with Crippen LogP contribution in [0.3, 0.4) is 0 Å². The third kappa shape index (κ3) is 5.30. The Bertz CT molecular complexity index is 823. The molecule has 1 aliphatic heterocycles. The molecule has 0 aliphatic carbocycles. The van der Waals surface area contributed by atoms with Gasteiger partial charge < -0.3 is 9.64 Å². The Labute approximate surface area is 169 Å². The van der Waals surface area contributed by atoms with E-state index in [1.807, 2.05) is 42.3 Å². The number of amides is 2. The minimum Gasteiger partial charge on any atom is -0.372 e. The van der Waals surface area contributed by atoms with Gasteiger partial charge in [0.05, 0.1) is 18.7 Å². The average Bonchev–Trinajstić information content (AvgIpc) is 3.15. The predicted molar refractivity (Wildman–Crippen MR) is 109 cm³/mol. The van der Waals surface area contributed by atoms with Crippen molar-refractivity contribution in [1.82, 2.24) is 15.8 Å². The van der Waals surface area contributed by atoms with E-state index in [0.29, 0.717) is 12.3 Å². The van der Waals surface area contributed by atoms with Crippen molar-refractivity contribution >= 4 is 28.8 Å². The molecular formula is C20H26N4O3S. The van der Waals surface area contributed by atoms with Crippen LogP contribution in [-0.2, 0) is 27.2 Å². The number of ether oxygens (including phenoxy) is 1. The van der Waals surface area contributed by atoms with Gasteiger partial charge in [-0.05, 0) is 38.3 Å². The molecule has 1 aromatic heterocycles. The number of rotatable bonds is 7. The highest BCUT2D eigenvalue weighted by Crippen LogP contribution is 2.26. The summed E-state index contributed by atoms with van der Waals surface area (Å²) in [5.74, 6) is -0.540. The summed E-state index contributed by atoms with van der Waals surface area (Å²) in [5, 5.41) is 2.69. The summed E-state index contributed by atoms with van der Waals surface area (Å²) in [6, 6.07) is 8.12. The molecule has 1 aromatic carbocycles. The minimum atomic E-state index is -0.298. The van der Waals surface area contributed by atoms with Crippen LogP contribution in [0.5, 0.6) is 0 Å². The molecule has 2 N–H and O–H groups in total. The van der Waals surface area contributed by atoms with E-state index in [2.05, 4.69) is 21.9 Å². The van der Waals surface area contributed by atoms with Crippen LogP contribution in [0.15, 0.2) is 29.6 Å². The van der Waals surface area contributed by atoms with E-state index < -0.39 is 0 Å². The van der Waals surface area contributed by atoms with Gasteiger partial charge in [0.15, 0.2) is 0 Å². The molecule has 0 radical (unpaired) electrons. The van der Waals surface area contributed by atoms with Crippen molar-refractivity contribution in [2.24, 2.45) is 0 Å². The molecule has 7 nitrogen and oxygen atoms in total. The number of nitrogens with one attached hydrogen (secondary N) is 2. The molecule has 1 unspecified atom stereocenters. The predicted octanol–water partition coefficient (Wildman–Crippen LogP) is 2.38. The standard InChI is InChI=1S/C20H26N4O3S/c1-3-27-14(2)20-21-16(13-28-20)11-18(25)22-23-19(26)12-24-10-6-8-15-7-4-5-9-17(15)24/h4-5,7,9,13-14H,3,6,8,10-12H2,1-2H3,(H,22,25)(H,23,26). The number of nitrogens with zero attached hydrogens (tertiary/aromatic N) is 2. The summed E-state index contributed by atoms with van der Waals surface area (Å²) in [7, 11) is 0. The number of thiazole rings is 1. The SMILES string of the molecule is CCOC(C)c1nc(CC(=O)NNC(=O)CN2CCCc3ccccc32)cs1. The van der Waals surface area contributed by atoms with Gasteiger partial charge in [-0.2, -0.15) is 0 Å². The van der Waals surface area contributed by atoms with Crippen molar-refractivity contribution in [2.75, 3.05) is 24.6 Å². The van der Waals surface area contributed by atoms with Gasteiger partial charge in [-0.25, -0.2) is 4.98 Å². The summed E-state index contributed by atoms with van der Waals surface area (Å²) in [4.78, 5) is 30.8. The second-order valence-corrected chi connectivity index (χ2v) is 7.59. The highest BCUT2D eigenvalue weighted by molar-refractivity contribution is 7.09. The molecule has 2 heterocycles. The van der Waals surface area contributed by atoms with Crippen LogP contribution < -0.4 is 15.8 Å². The molecule has 150 valence electrons. The first-order chi connectivity index (χ1) is 13.6. The molecule has 1 aliphatic rings. The van der Waals surface area contributed by atoms with E-state index >= 15 is 0 Å². The Kier molecular flexibility index (Phi) is 7.00. The van der Waals surface area contributed by atoms with Gasteiger partial charge in [-0.15, -0.1) is 11.3 Å². The quantitative estimate of drug-likeness (QED) is 0.695. The van der Waals surface area contributed by atoms with Crippen molar-refractivity contribution in [3.8, 4) is 0 Å². The third-order valence-electron chi connectivity index (χ3n) is 4.56. The lowest BCUT2D eigenvalue weighted by Gasteiger charge is -2.30. The lowest BCUT2D eigenvalue weighted by molar-refractivity contribution is -0.127. The van der Waals surface area contributed by atoms with Crippen molar-refractivity contribution in [3.63, 3.8) is 0 Å². The molecule has 0 spiro atoms. The second-order valence-electron chi connectivity index (χ2n) is 6.70. The number of aromatic nitrogens is 1. The van der Waals surface area contributed by atoms with Crippen molar-refractivity contribution in [3.05, 3.63) is 45.9 Å². The van der Waals surface area contributed by atoms with Crippen molar-refractivity contribution in [2.45, 2.75) is 39.2 Å². The Balaban J connectivity index is 1.46. The molecule has 2 aromatic rings. The van der Waals surface area contributed by atoms with Crippen LogP contribution >= 0.6 is 11.3 Å². The molecule has 8 heteroatoms. The van der Waals surface area contributed by atoms with Gasteiger partial charge in [0, 0.05) is 24.2 Å². The number of carbonyl (C=O) groups is 2. The van der Waals surface area contributed by atoms with Crippen LogP contribution in [0.1, 0.15) is 42.6 Å². The number of aryl methyl sites for hydroxylation is 1. The molecule has 0 bridgehead atoms. The zero-order valence-corrected chi connectivity index (χ0v) is 17.1. The van der Waals surface area contributed by atoms with E-state index in [4.69, 9.17) is 4.74 Å². The number of para-hydroxylation sites is 1. The number of anilines is 1. The van der Waals surface area contributed by atoms with Crippen LogP contribution in [0.2, 0.25) is 0 Å². The van der Waals surface area contributed by atoms with Gasteiger partial charge in [0.25, 0.3) is 5.91 Å². The van der Waals surface area contributed by atoms with Gasteiger partial charge in [0.1, 0.15) is 11.1 Å². The van der Waals surface area contributed by atoms with Gasteiger partial charge in [-0.1, -0.05) is 18.2 Å². The Morgan fingerprint density at radius 3 is 2.89 bits per heavy atom. The molecule has 0 saturated heterocycles. The number of hydrazine groups is 1. The van der Waals surface area contributed by atoms with Gasteiger partial charge in [-0.3, -0.25) is 20.4 Å². The maximum atomic E-state index is 12.2. The molecule has 3 rings (SSSR count). The molecule has 28 heavy (non-hydrogen) atoms. The number of fused-ring (bicyclic) bond motifs is 1. The summed E-state index contributed by atoms with van der Waals surface area (Å²) in [5.41, 5.74) is 7.99. The number of carbonyl (C=O) groups excluding carboxylic acids is 2. The summed E-state index contributed by atoms with van der Waals surface area (Å²) < 4.78 is 5.51. The fourth-order valence-corrected chi connectivity index (χ4v) is 4.07. The van der Waals surface area contributed by atoms with E-state index in [1.54, 1.807) is 0 Å². The van der Waals surface area contributed by atoms with Gasteiger partial charge >= 0.3 is 0 Å². The van der Waals surface area contributed by atoms with E-state index in [0.717, 1.165) is 30.1 Å². The highest BCUT2D eigenvalue weighted by atomic mass is 32.1. The van der Waals surface area contributed by atoms with Crippen LogP contribution in [0.25, 0.3) is 0 Å². The first-order valence-corrected chi connectivity index (χ1v) is 10.4. The monoisotopic (exact) mass is 402 g/mol. The second kappa shape index (κ2) is 9.66. The Hall–Kier alpha value is -2.45. The lowest BCUT2D eigenvalue weighted by atomic mass is 10.0. The largest absolute Gasteiger partial charge is 0.372 e. The third-order valence-corrected chi connectivity index (χ3v) is 5.61. The Morgan fingerprint density at radius 2 is 2.07 bits per heavy atom. The Morgan fingerprint density at radius 1 is 1.29 bits per heavy atom. The molecule has 0 fully saturated rings. The molecular weight excluding hydrogens is 376 g/mol. The number of hydrogen-bond acceptors (Lipinski definition) is 6. The number of benzene rings is 1. The zero-order chi connectivity index (χ0) is 19.9. The maximum Gasteiger partial charge on any atom is 0.257 e. The van der Waals surface area contributed by atoms with E-state index in [9.17, 15) is 9.59 Å². The minimum absolute atomic E-state index is 0.0843. The summed E-state index contributed by atoms with van der Waals surface area (Å²) >= 11 is 1.47. The molecule has 2 amide bonds. The van der Waals surface area contributed by atoms with E-state index in [1.165, 1.54) is 16.9 Å². The first kappa shape index (κ1) is 20.3. The summed E-state index contributed by atoms with van der Waals surface area (Å²) in [6.07, 6.45) is 2.08. The number of hydrogen-bond donors (Lipinski definition) is 2. The highest BCUT2D eigenvalue weighted by Gasteiger charge is 2.19. The van der Waals surface area contributed by atoms with Gasteiger partial charge in [0.2, 0.25) is 5.91 Å². The first-order valence-electron chi connectivity index (χ1n) is 9.53. The zero-order valence-electron chi connectivity index (χ0n) is 16.2. The van der Waals surface area contributed by atoms with E-state index in [-0.39, 0.29) is 30.9 Å². The van der Waals surface area contributed by atoms with Crippen LogP contribution in [0.4, 0.5) is 5.69 Å². The van der Waals surface area contributed by atoms with Crippen LogP contribution in [0, 0.1) is 0 Å². The van der Waals surface area contributed by atoms with Crippen molar-refractivity contribution < 1.29 is 14.3 Å². The fraction of sp³-hybridized carbons (Fsp3) is 0.450. The van der Waals surface area contributed by atoms with Crippen molar-refractivity contribution in [1.29, 1.82) is 0 Å². The smallest absolute Gasteiger partial charge is 0.257 e. The summed E-state index contributed by atoms with van der Waals surface area (Å²) in [6.45, 7) is 5.53. The maximum absolute atomic E-state index is 12.2.